The number of ether oxygens (including phenoxy) is 5. The number of nitrogens with zero attached hydrogens (tertiary/aromatic N) is 2. The first-order valence-corrected chi connectivity index (χ1v) is 8.10. The number of aromatic nitrogens is 2. The van der Waals surface area contributed by atoms with Crippen LogP contribution < -0.4 is 19.9 Å². The Balaban J connectivity index is 0.000000296. The van der Waals surface area contributed by atoms with Gasteiger partial charge < -0.3 is 29.4 Å². The summed E-state index contributed by atoms with van der Waals surface area (Å²) in [5.41, 5.74) is 5.90. The Morgan fingerprint density at radius 2 is 1.41 bits per heavy atom. The van der Waals surface area contributed by atoms with Gasteiger partial charge in [0, 0.05) is 19.3 Å². The van der Waals surface area contributed by atoms with Crippen LogP contribution in [0.3, 0.4) is 0 Å². The summed E-state index contributed by atoms with van der Waals surface area (Å²) in [6, 6.07) is 6.42. The summed E-state index contributed by atoms with van der Waals surface area (Å²) in [5.74, 6) is -1.02. The van der Waals surface area contributed by atoms with Crippen LogP contribution in [0.15, 0.2) is 36.7 Å². The third-order valence-corrected chi connectivity index (χ3v) is 2.90. The molecule has 2 N–H and O–H groups in total. The standard InChI is InChI=1S/C10H11NO5.C8H10N2O3/c1-7(12)16-8-4-3-5-11-10(8)15-6-9(13)14-2;1-12-7(11)5-13-8-6(9)3-2-4-10-8/h3-5H,6H2,1-2H3;2-4H,5,9H2,1H3. The van der Waals surface area contributed by atoms with E-state index in [-0.39, 0.29) is 30.7 Å². The van der Waals surface area contributed by atoms with Crippen LogP contribution in [-0.4, -0.2) is 55.3 Å². The number of pyridine rings is 2. The predicted molar refractivity (Wildman–Crippen MR) is 99.2 cm³/mol. The van der Waals surface area contributed by atoms with Crippen molar-refractivity contribution < 1.29 is 38.1 Å². The van der Waals surface area contributed by atoms with Crippen LogP contribution >= 0.6 is 0 Å². The fraction of sp³-hybridized carbons (Fsp3) is 0.278. The van der Waals surface area contributed by atoms with Crippen LogP contribution in [0, 0.1) is 0 Å². The number of rotatable bonds is 7. The van der Waals surface area contributed by atoms with Crippen molar-refractivity contribution in [1.82, 2.24) is 9.97 Å². The number of carbonyl (C=O) groups is 3. The van der Waals surface area contributed by atoms with E-state index in [0.717, 1.165) is 0 Å². The van der Waals surface area contributed by atoms with Gasteiger partial charge in [0.25, 0.3) is 5.88 Å². The predicted octanol–water partition coefficient (Wildman–Crippen LogP) is 0.774. The molecule has 2 aromatic heterocycles. The van der Waals surface area contributed by atoms with E-state index >= 15 is 0 Å². The minimum atomic E-state index is -0.542. The Morgan fingerprint density at radius 1 is 0.897 bits per heavy atom. The summed E-state index contributed by atoms with van der Waals surface area (Å²) in [7, 11) is 2.53. The van der Waals surface area contributed by atoms with Gasteiger partial charge in [0.1, 0.15) is 0 Å². The molecule has 0 radical (unpaired) electrons. The minimum absolute atomic E-state index is 0.0723. The van der Waals surface area contributed by atoms with Gasteiger partial charge in [-0.15, -0.1) is 0 Å². The molecule has 0 aliphatic heterocycles. The van der Waals surface area contributed by atoms with Crippen LogP contribution in [0.25, 0.3) is 0 Å². The number of nitrogens with two attached hydrogens (primary N) is 1. The van der Waals surface area contributed by atoms with Crippen LogP contribution in [0.2, 0.25) is 0 Å². The molecule has 0 saturated heterocycles. The Hall–Kier alpha value is -3.89. The van der Waals surface area contributed by atoms with Crippen molar-refractivity contribution in [2.24, 2.45) is 0 Å². The fourth-order valence-corrected chi connectivity index (χ4v) is 1.61. The number of anilines is 1. The quantitative estimate of drug-likeness (QED) is 0.648. The lowest BCUT2D eigenvalue weighted by Crippen LogP contribution is -2.14. The van der Waals surface area contributed by atoms with Gasteiger partial charge >= 0.3 is 17.9 Å². The summed E-state index contributed by atoms with van der Waals surface area (Å²) < 4.78 is 23.6. The van der Waals surface area contributed by atoms with Gasteiger partial charge in [0.15, 0.2) is 19.0 Å². The van der Waals surface area contributed by atoms with Gasteiger partial charge in [-0.3, -0.25) is 4.79 Å². The van der Waals surface area contributed by atoms with E-state index in [2.05, 4.69) is 19.4 Å². The van der Waals surface area contributed by atoms with Crippen LogP contribution in [-0.2, 0) is 23.9 Å². The van der Waals surface area contributed by atoms with E-state index in [0.29, 0.717) is 5.69 Å². The first-order chi connectivity index (χ1) is 13.9. The summed E-state index contributed by atoms with van der Waals surface area (Å²) in [4.78, 5) is 39.9. The highest BCUT2D eigenvalue weighted by molar-refractivity contribution is 5.72. The molecule has 0 saturated carbocycles. The van der Waals surface area contributed by atoms with Gasteiger partial charge in [0.2, 0.25) is 5.88 Å². The van der Waals surface area contributed by atoms with Crippen molar-refractivity contribution in [2.75, 3.05) is 33.2 Å². The third kappa shape index (κ3) is 9.04. The minimum Gasteiger partial charge on any atom is -0.466 e. The lowest BCUT2D eigenvalue weighted by atomic mass is 10.4. The highest BCUT2D eigenvalue weighted by Crippen LogP contribution is 2.23. The van der Waals surface area contributed by atoms with Crippen LogP contribution in [0.4, 0.5) is 5.69 Å². The number of nitrogen functional groups attached to an aromatic ring is 1. The number of hydrogen-bond donors (Lipinski definition) is 1. The smallest absolute Gasteiger partial charge is 0.343 e. The van der Waals surface area contributed by atoms with Crippen molar-refractivity contribution in [3.05, 3.63) is 36.7 Å². The van der Waals surface area contributed by atoms with E-state index in [1.165, 1.54) is 39.6 Å². The zero-order chi connectivity index (χ0) is 21.6. The summed E-state index contributed by atoms with van der Waals surface area (Å²) in [6.45, 7) is 0.788. The second-order valence-electron chi connectivity index (χ2n) is 5.03. The maximum Gasteiger partial charge on any atom is 0.343 e. The van der Waals surface area contributed by atoms with Gasteiger partial charge in [0.05, 0.1) is 19.9 Å². The van der Waals surface area contributed by atoms with E-state index in [9.17, 15) is 14.4 Å². The van der Waals surface area contributed by atoms with E-state index in [4.69, 9.17) is 19.9 Å². The highest BCUT2D eigenvalue weighted by Gasteiger charge is 2.10. The molecular formula is C18H21N3O8. The second kappa shape index (κ2) is 12.5. The average molecular weight is 407 g/mol. The zero-order valence-corrected chi connectivity index (χ0v) is 16.1. The first kappa shape index (κ1) is 23.1. The van der Waals surface area contributed by atoms with E-state index < -0.39 is 17.9 Å². The lowest BCUT2D eigenvalue weighted by molar-refractivity contribution is -0.143. The van der Waals surface area contributed by atoms with Crippen molar-refractivity contribution in [1.29, 1.82) is 0 Å². The van der Waals surface area contributed by atoms with Crippen molar-refractivity contribution >= 4 is 23.6 Å². The summed E-state index contributed by atoms with van der Waals surface area (Å²) in [6.07, 6.45) is 2.99. The molecule has 0 fully saturated rings. The molecule has 0 aliphatic rings. The molecule has 0 bridgehead atoms. The maximum absolute atomic E-state index is 10.8. The van der Waals surface area contributed by atoms with E-state index in [1.54, 1.807) is 18.2 Å². The SMILES string of the molecule is COC(=O)COc1ncccc1N.COC(=O)COc1ncccc1OC(C)=O. The Labute approximate surface area is 166 Å². The topological polar surface area (TPSA) is 149 Å². The molecule has 0 aromatic carbocycles. The molecule has 29 heavy (non-hydrogen) atoms. The number of esters is 3. The number of hydrogen-bond acceptors (Lipinski definition) is 11. The molecule has 0 amide bonds. The molecule has 2 aromatic rings. The van der Waals surface area contributed by atoms with Gasteiger partial charge in [-0.25, -0.2) is 19.6 Å². The first-order valence-electron chi connectivity index (χ1n) is 8.10. The zero-order valence-electron chi connectivity index (χ0n) is 16.1. The van der Waals surface area contributed by atoms with Gasteiger partial charge in [-0.1, -0.05) is 0 Å². The molecule has 2 rings (SSSR count). The van der Waals surface area contributed by atoms with Crippen molar-refractivity contribution in [2.45, 2.75) is 6.92 Å². The molecule has 0 unspecified atom stereocenters. The van der Waals surface area contributed by atoms with Crippen molar-refractivity contribution in [3.63, 3.8) is 0 Å². The van der Waals surface area contributed by atoms with Gasteiger partial charge in [-0.2, -0.15) is 0 Å². The molecule has 0 spiro atoms. The molecular weight excluding hydrogens is 386 g/mol. The monoisotopic (exact) mass is 407 g/mol. The molecule has 11 nitrogen and oxygen atoms in total. The van der Waals surface area contributed by atoms with Gasteiger partial charge in [-0.05, 0) is 24.3 Å². The average Bonchev–Trinajstić information content (AvgIpc) is 2.72. The highest BCUT2D eigenvalue weighted by atomic mass is 16.6. The molecule has 0 atom stereocenters. The normalized spacial score (nSPS) is 9.34. The Morgan fingerprint density at radius 3 is 1.93 bits per heavy atom. The lowest BCUT2D eigenvalue weighted by Gasteiger charge is -2.07. The molecule has 2 heterocycles. The summed E-state index contributed by atoms with van der Waals surface area (Å²) in [5, 5.41) is 0. The Bertz CT molecular complexity index is 828. The second-order valence-corrected chi connectivity index (χ2v) is 5.03. The van der Waals surface area contributed by atoms with Crippen molar-refractivity contribution in [3.8, 4) is 17.5 Å². The van der Waals surface area contributed by atoms with Crippen LogP contribution in [0.5, 0.6) is 17.5 Å². The van der Waals surface area contributed by atoms with E-state index in [1.807, 2.05) is 0 Å². The Kier molecular flexibility index (Phi) is 9.97. The maximum atomic E-state index is 10.8. The molecule has 0 aliphatic carbocycles. The molecule has 11 heteroatoms. The number of carbonyl (C=O) groups excluding carboxylic acids is 3. The largest absolute Gasteiger partial charge is 0.466 e. The fourth-order valence-electron chi connectivity index (χ4n) is 1.61. The molecule has 156 valence electrons. The third-order valence-electron chi connectivity index (χ3n) is 2.90. The number of methoxy groups -OCH3 is 2. The summed E-state index contributed by atoms with van der Waals surface area (Å²) >= 11 is 0. The van der Waals surface area contributed by atoms with Crippen LogP contribution in [0.1, 0.15) is 6.92 Å².